The van der Waals surface area contributed by atoms with Crippen LogP contribution in [0.3, 0.4) is 0 Å². The Morgan fingerprint density at radius 3 is 2.27 bits per heavy atom. The van der Waals surface area contributed by atoms with Gasteiger partial charge in [-0.2, -0.15) is 5.10 Å². The Kier molecular flexibility index (Phi) is 7.77. The monoisotopic (exact) mass is 533 g/mol. The van der Waals surface area contributed by atoms with E-state index in [4.69, 9.17) is 23.2 Å². The number of aliphatic hydroxyl groups is 1. The first-order valence-corrected chi connectivity index (χ1v) is 13.3. The largest absolute Gasteiger partial charge is 0.385 e. The molecule has 3 aromatic carbocycles. The lowest BCUT2D eigenvalue weighted by Gasteiger charge is -2.39. The summed E-state index contributed by atoms with van der Waals surface area (Å²) in [6.07, 6.45) is 5.41. The first-order chi connectivity index (χ1) is 17.9. The van der Waals surface area contributed by atoms with Crippen LogP contribution in [0.25, 0.3) is 11.1 Å². The quantitative estimate of drug-likeness (QED) is 0.288. The third-order valence-corrected chi connectivity index (χ3v) is 8.03. The fourth-order valence-corrected chi connectivity index (χ4v) is 5.35. The molecule has 0 saturated carbocycles. The molecule has 5 nitrogen and oxygen atoms in total. The molecule has 1 atom stereocenters. The number of piperidine rings is 1. The van der Waals surface area contributed by atoms with Gasteiger partial charge in [-0.3, -0.25) is 4.79 Å². The van der Waals surface area contributed by atoms with Crippen molar-refractivity contribution >= 4 is 29.1 Å². The number of halogens is 2. The summed E-state index contributed by atoms with van der Waals surface area (Å²) in [5, 5.41) is 16.5. The Hall–Kier alpha value is -2.96. The molecule has 1 aliphatic rings. The topological polar surface area (TPSA) is 58.4 Å². The van der Waals surface area contributed by atoms with Crippen LogP contribution >= 0.6 is 23.2 Å². The molecule has 4 aromatic rings. The molecule has 1 saturated heterocycles. The first-order valence-electron chi connectivity index (χ1n) is 12.5. The maximum absolute atomic E-state index is 13.7. The van der Waals surface area contributed by atoms with Crippen LogP contribution in [0.1, 0.15) is 41.1 Å². The summed E-state index contributed by atoms with van der Waals surface area (Å²) in [6, 6.07) is 25.1. The predicted octanol–water partition coefficient (Wildman–Crippen LogP) is 6.65. The van der Waals surface area contributed by atoms with Gasteiger partial charge in [0.2, 0.25) is 0 Å². The average Bonchev–Trinajstić information content (AvgIpc) is 3.43. The van der Waals surface area contributed by atoms with Crippen molar-refractivity contribution in [2.45, 2.75) is 30.8 Å². The lowest BCUT2D eigenvalue weighted by Crippen LogP contribution is -2.43. The Bertz CT molecular complexity index is 1350. The molecule has 0 spiro atoms. The average molecular weight is 534 g/mol. The number of benzene rings is 3. The molecule has 1 N–H and O–H groups in total. The van der Waals surface area contributed by atoms with Crippen molar-refractivity contribution in [1.29, 1.82) is 0 Å². The summed E-state index contributed by atoms with van der Waals surface area (Å²) in [6.45, 7) is 2.23. The summed E-state index contributed by atoms with van der Waals surface area (Å²) < 4.78 is 1.43. The van der Waals surface area contributed by atoms with Crippen molar-refractivity contribution in [3.63, 3.8) is 0 Å². The van der Waals surface area contributed by atoms with Gasteiger partial charge in [-0.05, 0) is 54.6 Å². The zero-order chi connectivity index (χ0) is 25.8. The molecule has 1 aliphatic heterocycles. The van der Waals surface area contributed by atoms with E-state index in [-0.39, 0.29) is 5.91 Å². The van der Waals surface area contributed by atoms with Gasteiger partial charge in [0.15, 0.2) is 0 Å². The van der Waals surface area contributed by atoms with E-state index in [1.807, 2.05) is 66.7 Å². The van der Waals surface area contributed by atoms with Gasteiger partial charge < -0.3 is 10.0 Å². The molecule has 2 heterocycles. The highest BCUT2D eigenvalue weighted by Crippen LogP contribution is 2.34. The van der Waals surface area contributed by atoms with Crippen LogP contribution in [0.5, 0.6) is 0 Å². The predicted molar refractivity (Wildman–Crippen MR) is 148 cm³/mol. The maximum Gasteiger partial charge on any atom is 0.254 e. The second-order valence-corrected chi connectivity index (χ2v) is 10.4. The third kappa shape index (κ3) is 5.81. The van der Waals surface area contributed by atoms with E-state index in [1.54, 1.807) is 24.5 Å². The molecule has 1 aromatic heterocycles. The normalized spacial score (nSPS) is 16.4. The van der Waals surface area contributed by atoms with Crippen LogP contribution < -0.4 is 0 Å². The van der Waals surface area contributed by atoms with Crippen molar-refractivity contribution in [3.8, 4) is 11.1 Å². The number of aromatic nitrogens is 2. The van der Waals surface area contributed by atoms with Gasteiger partial charge in [0.1, 0.15) is 0 Å². The lowest BCUT2D eigenvalue weighted by atomic mass is 9.84. The van der Waals surface area contributed by atoms with Crippen molar-refractivity contribution in [1.82, 2.24) is 14.7 Å². The number of carbonyl (C=O) groups excluding carboxylic acids is 1. The Morgan fingerprint density at radius 1 is 0.919 bits per heavy atom. The lowest BCUT2D eigenvalue weighted by molar-refractivity contribution is -0.0263. The van der Waals surface area contributed by atoms with Crippen LogP contribution in [0.2, 0.25) is 10.0 Å². The van der Waals surface area contributed by atoms with Gasteiger partial charge in [0, 0.05) is 24.8 Å². The van der Waals surface area contributed by atoms with Gasteiger partial charge in [0.05, 0.1) is 27.8 Å². The van der Waals surface area contributed by atoms with E-state index < -0.39 is 11.5 Å². The van der Waals surface area contributed by atoms with Gasteiger partial charge in [-0.1, -0.05) is 89.9 Å². The van der Waals surface area contributed by atoms with Gasteiger partial charge in [0.25, 0.3) is 5.91 Å². The summed E-state index contributed by atoms with van der Waals surface area (Å²) in [5.41, 5.74) is 2.87. The highest BCUT2D eigenvalue weighted by Gasteiger charge is 2.34. The number of likely N-dealkylation sites (tertiary alicyclic amines) is 1. The van der Waals surface area contributed by atoms with Crippen LogP contribution in [0.4, 0.5) is 0 Å². The fraction of sp³-hybridized carbons (Fsp3) is 0.267. The van der Waals surface area contributed by atoms with E-state index in [9.17, 15) is 9.90 Å². The van der Waals surface area contributed by atoms with Gasteiger partial charge >= 0.3 is 0 Å². The summed E-state index contributed by atoms with van der Waals surface area (Å²) in [4.78, 5) is 16.0. The van der Waals surface area contributed by atoms with Crippen LogP contribution in [0, 0.1) is 0 Å². The van der Waals surface area contributed by atoms with E-state index in [1.165, 1.54) is 4.68 Å². The van der Waals surface area contributed by atoms with Gasteiger partial charge in [-0.15, -0.1) is 0 Å². The number of carbonyl (C=O) groups is 1. The highest BCUT2D eigenvalue weighted by molar-refractivity contribution is 6.42. The summed E-state index contributed by atoms with van der Waals surface area (Å²) in [7, 11) is 0. The van der Waals surface area contributed by atoms with Crippen LogP contribution in [0.15, 0.2) is 91.3 Å². The standard InChI is InChI=1S/C30H29Cl2N3O2/c31-27-12-11-23(19-28(27)32)26(29(36)35-21-24(20-33-35)22-7-3-1-4-8-22)13-16-34-17-14-30(37,15-18-34)25-9-5-2-6-10-25/h1-12,19-21,26,37H,13-18H2. The van der Waals surface area contributed by atoms with E-state index in [0.717, 1.165) is 35.3 Å². The molecule has 37 heavy (non-hydrogen) atoms. The minimum atomic E-state index is -0.806. The fourth-order valence-electron chi connectivity index (χ4n) is 5.04. The first kappa shape index (κ1) is 25.7. The van der Waals surface area contributed by atoms with Crippen molar-refractivity contribution in [3.05, 3.63) is 112 Å². The van der Waals surface area contributed by atoms with Crippen molar-refractivity contribution in [2.75, 3.05) is 19.6 Å². The minimum Gasteiger partial charge on any atom is -0.385 e. The van der Waals surface area contributed by atoms with Crippen LogP contribution in [-0.4, -0.2) is 45.3 Å². The molecule has 0 bridgehead atoms. The molecular formula is C30H29Cl2N3O2. The van der Waals surface area contributed by atoms with Crippen molar-refractivity contribution in [2.24, 2.45) is 0 Å². The minimum absolute atomic E-state index is 0.113. The molecule has 0 radical (unpaired) electrons. The van der Waals surface area contributed by atoms with Crippen molar-refractivity contribution < 1.29 is 9.90 Å². The molecule has 1 fully saturated rings. The number of hydrogen-bond donors (Lipinski definition) is 1. The number of rotatable bonds is 7. The molecule has 7 heteroatoms. The van der Waals surface area contributed by atoms with Crippen LogP contribution in [-0.2, 0) is 5.60 Å². The number of hydrogen-bond acceptors (Lipinski definition) is 4. The number of nitrogens with zero attached hydrogens (tertiary/aromatic N) is 3. The highest BCUT2D eigenvalue weighted by atomic mass is 35.5. The molecular weight excluding hydrogens is 505 g/mol. The molecule has 1 unspecified atom stereocenters. The van der Waals surface area contributed by atoms with E-state index in [0.29, 0.717) is 35.9 Å². The molecule has 190 valence electrons. The Morgan fingerprint density at radius 2 is 1.59 bits per heavy atom. The second kappa shape index (κ2) is 11.2. The molecule has 0 amide bonds. The Balaban J connectivity index is 1.32. The smallest absolute Gasteiger partial charge is 0.254 e. The van der Waals surface area contributed by atoms with E-state index >= 15 is 0 Å². The zero-order valence-corrected chi connectivity index (χ0v) is 21.9. The summed E-state index contributed by atoms with van der Waals surface area (Å²) >= 11 is 12.5. The SMILES string of the molecule is O=C(C(CCN1CCC(O)(c2ccccc2)CC1)c1ccc(Cl)c(Cl)c1)n1cc(-c2ccccc2)cn1. The maximum atomic E-state index is 13.7. The third-order valence-electron chi connectivity index (χ3n) is 7.29. The summed E-state index contributed by atoms with van der Waals surface area (Å²) in [5.74, 6) is -0.549. The molecule has 0 aliphatic carbocycles. The van der Waals surface area contributed by atoms with E-state index in [2.05, 4.69) is 10.00 Å². The van der Waals surface area contributed by atoms with Gasteiger partial charge in [-0.25, -0.2) is 4.68 Å². The Labute approximate surface area is 227 Å². The second-order valence-electron chi connectivity index (χ2n) is 9.63. The zero-order valence-electron chi connectivity index (χ0n) is 20.4. The molecule has 5 rings (SSSR count).